The number of nitrogens with zero attached hydrogens (tertiary/aromatic N) is 6. The summed E-state index contributed by atoms with van der Waals surface area (Å²) in [5.41, 5.74) is 0. The van der Waals surface area contributed by atoms with Crippen molar-refractivity contribution >= 4 is 5.82 Å². The second-order valence-electron chi connectivity index (χ2n) is 7.37. The van der Waals surface area contributed by atoms with E-state index >= 15 is 0 Å². The predicted octanol–water partition coefficient (Wildman–Crippen LogP) is 1.79. The fourth-order valence-corrected chi connectivity index (χ4v) is 4.42. The van der Waals surface area contributed by atoms with Crippen LogP contribution in [0.3, 0.4) is 0 Å². The minimum Gasteiger partial charge on any atom is -0.396 e. The Morgan fingerprint density at radius 1 is 1.15 bits per heavy atom. The molecular formula is C19H28N6O. The molecule has 0 aromatic carbocycles. The standard InChI is InChI=1S/C19H28N6O/c1-15-21-18(13-19(22-15)25-9-4-8-20-25)23-10-11-24(16-5-2-3-6-16)17(14-23)7-12-26/h4,8-9,13,16-17,26H,2-3,5-7,10-12,14H2,1H3. The molecule has 1 saturated heterocycles. The number of aliphatic hydroxyl groups is 1. The highest BCUT2D eigenvalue weighted by atomic mass is 16.3. The van der Waals surface area contributed by atoms with E-state index in [1.165, 1.54) is 25.7 Å². The van der Waals surface area contributed by atoms with E-state index in [1.807, 2.05) is 25.3 Å². The molecule has 140 valence electrons. The quantitative estimate of drug-likeness (QED) is 0.881. The van der Waals surface area contributed by atoms with Crippen LogP contribution in [-0.2, 0) is 0 Å². The third-order valence-corrected chi connectivity index (χ3v) is 5.66. The van der Waals surface area contributed by atoms with Crippen LogP contribution in [0.5, 0.6) is 0 Å². The molecule has 1 aliphatic carbocycles. The summed E-state index contributed by atoms with van der Waals surface area (Å²) in [5, 5.41) is 13.9. The fourth-order valence-electron chi connectivity index (χ4n) is 4.42. The third-order valence-electron chi connectivity index (χ3n) is 5.66. The van der Waals surface area contributed by atoms with Crippen LogP contribution >= 0.6 is 0 Å². The molecule has 2 aromatic heterocycles. The lowest BCUT2D eigenvalue weighted by Crippen LogP contribution is -2.56. The van der Waals surface area contributed by atoms with Crippen molar-refractivity contribution < 1.29 is 5.11 Å². The fraction of sp³-hybridized carbons (Fsp3) is 0.632. The summed E-state index contributed by atoms with van der Waals surface area (Å²) < 4.78 is 1.78. The summed E-state index contributed by atoms with van der Waals surface area (Å²) in [6.45, 7) is 5.08. The molecule has 2 aromatic rings. The highest BCUT2D eigenvalue weighted by Crippen LogP contribution is 2.29. The van der Waals surface area contributed by atoms with Crippen molar-refractivity contribution in [3.63, 3.8) is 0 Å². The molecule has 2 aliphatic rings. The summed E-state index contributed by atoms with van der Waals surface area (Å²) in [4.78, 5) is 14.2. The molecule has 1 unspecified atom stereocenters. The molecule has 7 heteroatoms. The van der Waals surface area contributed by atoms with Gasteiger partial charge in [0.15, 0.2) is 5.82 Å². The Balaban J connectivity index is 1.55. The van der Waals surface area contributed by atoms with E-state index < -0.39 is 0 Å². The minimum absolute atomic E-state index is 0.239. The molecule has 0 amide bonds. The average Bonchev–Trinajstić information content (AvgIpc) is 3.35. The molecule has 1 saturated carbocycles. The third kappa shape index (κ3) is 3.59. The highest BCUT2D eigenvalue weighted by Gasteiger charge is 2.33. The summed E-state index contributed by atoms with van der Waals surface area (Å²) in [6.07, 6.45) is 9.77. The number of hydrogen-bond donors (Lipinski definition) is 1. The van der Waals surface area contributed by atoms with Crippen LogP contribution in [0.1, 0.15) is 37.9 Å². The number of aliphatic hydroxyl groups excluding tert-OH is 1. The molecule has 0 radical (unpaired) electrons. The minimum atomic E-state index is 0.239. The van der Waals surface area contributed by atoms with Crippen molar-refractivity contribution in [2.75, 3.05) is 31.1 Å². The van der Waals surface area contributed by atoms with Crippen molar-refractivity contribution in [1.29, 1.82) is 0 Å². The summed E-state index contributed by atoms with van der Waals surface area (Å²) in [6, 6.07) is 5.00. The zero-order valence-corrected chi connectivity index (χ0v) is 15.5. The van der Waals surface area contributed by atoms with Gasteiger partial charge >= 0.3 is 0 Å². The number of hydrogen-bond acceptors (Lipinski definition) is 6. The maximum atomic E-state index is 9.57. The first-order chi connectivity index (χ1) is 12.7. The highest BCUT2D eigenvalue weighted by molar-refractivity contribution is 5.45. The SMILES string of the molecule is Cc1nc(N2CCN(C3CCCC3)C(CCO)C2)cc(-n2cccn2)n1. The smallest absolute Gasteiger partial charge is 0.159 e. The number of aryl methyl sites for hydroxylation is 1. The van der Waals surface area contributed by atoms with E-state index in [0.717, 1.165) is 43.5 Å². The molecule has 0 bridgehead atoms. The van der Waals surface area contributed by atoms with Crippen LogP contribution in [0.15, 0.2) is 24.5 Å². The van der Waals surface area contributed by atoms with Crippen LogP contribution in [0, 0.1) is 6.92 Å². The van der Waals surface area contributed by atoms with E-state index in [9.17, 15) is 5.11 Å². The molecule has 4 rings (SSSR count). The lowest BCUT2D eigenvalue weighted by molar-refractivity contribution is 0.0982. The molecule has 7 nitrogen and oxygen atoms in total. The van der Waals surface area contributed by atoms with Gasteiger partial charge in [-0.3, -0.25) is 4.90 Å². The average molecular weight is 356 g/mol. The largest absolute Gasteiger partial charge is 0.396 e. The first-order valence-electron chi connectivity index (χ1n) is 9.72. The van der Waals surface area contributed by atoms with Crippen molar-refractivity contribution in [2.24, 2.45) is 0 Å². The molecule has 2 fully saturated rings. The van der Waals surface area contributed by atoms with Gasteiger partial charge in [-0.1, -0.05) is 12.8 Å². The molecule has 3 heterocycles. The lowest BCUT2D eigenvalue weighted by atomic mass is 10.0. The van der Waals surface area contributed by atoms with Crippen molar-refractivity contribution in [3.8, 4) is 5.82 Å². The van der Waals surface area contributed by atoms with Crippen LogP contribution < -0.4 is 4.90 Å². The second-order valence-corrected chi connectivity index (χ2v) is 7.37. The van der Waals surface area contributed by atoms with Gasteiger partial charge < -0.3 is 10.0 Å². The number of aromatic nitrogens is 4. The Bertz CT molecular complexity index is 713. The lowest BCUT2D eigenvalue weighted by Gasteiger charge is -2.45. The number of rotatable bonds is 5. The van der Waals surface area contributed by atoms with Crippen LogP contribution in [0.25, 0.3) is 5.82 Å². The van der Waals surface area contributed by atoms with E-state index in [2.05, 4.69) is 24.9 Å². The van der Waals surface area contributed by atoms with Gasteiger partial charge in [0.05, 0.1) is 0 Å². The van der Waals surface area contributed by atoms with Gasteiger partial charge in [0.1, 0.15) is 11.6 Å². The van der Waals surface area contributed by atoms with Gasteiger partial charge in [-0.05, 0) is 32.3 Å². The molecule has 0 spiro atoms. The van der Waals surface area contributed by atoms with E-state index in [1.54, 1.807) is 10.9 Å². The molecule has 1 atom stereocenters. The summed E-state index contributed by atoms with van der Waals surface area (Å²) in [7, 11) is 0. The van der Waals surface area contributed by atoms with Crippen molar-refractivity contribution in [2.45, 2.75) is 51.1 Å². The Morgan fingerprint density at radius 3 is 2.69 bits per heavy atom. The van der Waals surface area contributed by atoms with Crippen LogP contribution in [-0.4, -0.2) is 68.1 Å². The first kappa shape index (κ1) is 17.4. The van der Waals surface area contributed by atoms with Crippen molar-refractivity contribution in [1.82, 2.24) is 24.6 Å². The van der Waals surface area contributed by atoms with Gasteiger partial charge in [0.25, 0.3) is 0 Å². The summed E-state index contributed by atoms with van der Waals surface area (Å²) in [5.74, 6) is 2.51. The normalized spacial score (nSPS) is 22.2. The monoisotopic (exact) mass is 356 g/mol. The molecular weight excluding hydrogens is 328 g/mol. The van der Waals surface area contributed by atoms with Gasteiger partial charge in [0.2, 0.25) is 0 Å². The van der Waals surface area contributed by atoms with Gasteiger partial charge in [-0.15, -0.1) is 0 Å². The topological polar surface area (TPSA) is 70.3 Å². The van der Waals surface area contributed by atoms with E-state index in [-0.39, 0.29) is 6.61 Å². The number of piperazine rings is 1. The first-order valence-corrected chi connectivity index (χ1v) is 9.72. The number of anilines is 1. The molecule has 1 N–H and O–H groups in total. The van der Waals surface area contributed by atoms with Gasteiger partial charge in [-0.25, -0.2) is 14.6 Å². The predicted molar refractivity (Wildman–Crippen MR) is 101 cm³/mol. The van der Waals surface area contributed by atoms with E-state index in [4.69, 9.17) is 0 Å². The zero-order chi connectivity index (χ0) is 17.9. The Hall–Kier alpha value is -1.99. The second kappa shape index (κ2) is 7.72. The van der Waals surface area contributed by atoms with Gasteiger partial charge in [-0.2, -0.15) is 5.10 Å². The van der Waals surface area contributed by atoms with Crippen LogP contribution in [0.2, 0.25) is 0 Å². The Labute approximate surface area is 154 Å². The Kier molecular flexibility index (Phi) is 5.17. The summed E-state index contributed by atoms with van der Waals surface area (Å²) >= 11 is 0. The van der Waals surface area contributed by atoms with E-state index in [0.29, 0.717) is 12.1 Å². The maximum Gasteiger partial charge on any atom is 0.159 e. The Morgan fingerprint density at radius 2 is 1.96 bits per heavy atom. The maximum absolute atomic E-state index is 9.57. The molecule has 1 aliphatic heterocycles. The molecule has 26 heavy (non-hydrogen) atoms. The van der Waals surface area contributed by atoms with Crippen LogP contribution in [0.4, 0.5) is 5.82 Å². The van der Waals surface area contributed by atoms with Crippen molar-refractivity contribution in [3.05, 3.63) is 30.4 Å². The zero-order valence-electron chi connectivity index (χ0n) is 15.5. The van der Waals surface area contributed by atoms with Gasteiger partial charge in [0, 0.05) is 56.8 Å².